The second kappa shape index (κ2) is 4.95. The Balaban J connectivity index is 1.93. The average molecular weight is 330 g/mol. The molecule has 0 aliphatic heterocycles. The van der Waals surface area contributed by atoms with Crippen molar-refractivity contribution in [1.29, 1.82) is 0 Å². The van der Waals surface area contributed by atoms with E-state index in [0.717, 1.165) is 6.42 Å². The lowest BCUT2D eigenvalue weighted by atomic mass is 9.89. The van der Waals surface area contributed by atoms with Crippen molar-refractivity contribution in [2.24, 2.45) is 0 Å². The molecule has 1 aliphatic carbocycles. The third-order valence-corrected chi connectivity index (χ3v) is 6.04. The van der Waals surface area contributed by atoms with E-state index >= 15 is 0 Å². The van der Waals surface area contributed by atoms with E-state index in [9.17, 15) is 0 Å². The summed E-state index contributed by atoms with van der Waals surface area (Å²) in [6, 6.07) is 29.1. The van der Waals surface area contributed by atoms with Gasteiger partial charge in [-0.1, -0.05) is 78.9 Å². The van der Waals surface area contributed by atoms with Crippen LogP contribution in [-0.2, 0) is 6.42 Å². The maximum atomic E-state index is 2.35. The zero-order valence-corrected chi connectivity index (χ0v) is 14.7. The molecule has 0 atom stereocenters. The summed E-state index contributed by atoms with van der Waals surface area (Å²) in [5.74, 6) is 0. The van der Waals surface area contributed by atoms with Gasteiger partial charge in [0.1, 0.15) is 0 Å². The first-order chi connectivity index (χ1) is 12.8. The molecule has 0 bridgehead atoms. The maximum Gasteiger partial charge on any atom is -0.00106 e. The normalized spacial score (nSPS) is 12.7. The summed E-state index contributed by atoms with van der Waals surface area (Å²) in [6.07, 6.45) is 1.05. The highest BCUT2D eigenvalue weighted by Gasteiger charge is 2.23. The Morgan fingerprint density at radius 3 is 1.92 bits per heavy atom. The van der Waals surface area contributed by atoms with Crippen LogP contribution in [0.2, 0.25) is 0 Å². The molecular formula is C26H18. The largest absolute Gasteiger partial charge is 0.0616 e. The maximum absolute atomic E-state index is 2.35. The van der Waals surface area contributed by atoms with Crippen molar-refractivity contribution < 1.29 is 0 Å². The van der Waals surface area contributed by atoms with E-state index < -0.39 is 0 Å². The number of hydrogen-bond donors (Lipinski definition) is 0. The van der Waals surface area contributed by atoms with Gasteiger partial charge in [0.2, 0.25) is 0 Å². The molecule has 6 rings (SSSR count). The summed E-state index contributed by atoms with van der Waals surface area (Å²) < 4.78 is 0. The van der Waals surface area contributed by atoms with E-state index in [4.69, 9.17) is 0 Å². The number of hydrogen-bond acceptors (Lipinski definition) is 0. The monoisotopic (exact) mass is 330 g/mol. The predicted octanol–water partition coefficient (Wildman–Crippen LogP) is 7.03. The van der Waals surface area contributed by atoms with Gasteiger partial charge in [0, 0.05) is 0 Å². The number of rotatable bonds is 0. The van der Waals surface area contributed by atoms with Crippen LogP contribution in [0.3, 0.4) is 0 Å². The molecule has 0 saturated carbocycles. The summed E-state index contributed by atoms with van der Waals surface area (Å²) in [6.45, 7) is 2.24. The zero-order chi connectivity index (χ0) is 17.3. The summed E-state index contributed by atoms with van der Waals surface area (Å²) in [7, 11) is 0. The molecule has 26 heavy (non-hydrogen) atoms. The van der Waals surface area contributed by atoms with Gasteiger partial charge in [-0.2, -0.15) is 0 Å². The minimum Gasteiger partial charge on any atom is -0.0616 e. The molecule has 0 heterocycles. The van der Waals surface area contributed by atoms with Crippen molar-refractivity contribution in [3.05, 3.63) is 95.6 Å². The van der Waals surface area contributed by atoms with E-state index in [2.05, 4.69) is 85.8 Å². The topological polar surface area (TPSA) is 0 Å². The molecule has 122 valence electrons. The molecule has 0 aromatic heterocycles. The Kier molecular flexibility index (Phi) is 2.69. The van der Waals surface area contributed by atoms with Crippen LogP contribution in [0, 0.1) is 6.92 Å². The molecule has 1 aliphatic rings. The van der Waals surface area contributed by atoms with Crippen molar-refractivity contribution in [2.45, 2.75) is 13.3 Å². The van der Waals surface area contributed by atoms with Crippen LogP contribution in [0.4, 0.5) is 0 Å². The lowest BCUT2D eigenvalue weighted by Gasteiger charge is -2.14. The predicted molar refractivity (Wildman–Crippen MR) is 112 cm³/mol. The summed E-state index contributed by atoms with van der Waals surface area (Å²) in [5, 5.41) is 8.20. The van der Waals surface area contributed by atoms with E-state index in [0.29, 0.717) is 0 Å². The summed E-state index contributed by atoms with van der Waals surface area (Å²) >= 11 is 0. The Labute approximate surface area is 152 Å². The lowest BCUT2D eigenvalue weighted by Crippen LogP contribution is -1.87. The van der Waals surface area contributed by atoms with Gasteiger partial charge in [-0.3, -0.25) is 0 Å². The van der Waals surface area contributed by atoms with Gasteiger partial charge in [-0.15, -0.1) is 0 Å². The van der Waals surface area contributed by atoms with Crippen LogP contribution in [-0.4, -0.2) is 0 Å². The van der Waals surface area contributed by atoms with Gasteiger partial charge in [0.05, 0.1) is 0 Å². The van der Waals surface area contributed by atoms with Gasteiger partial charge in [0.15, 0.2) is 0 Å². The first-order valence-corrected chi connectivity index (χ1v) is 9.27. The molecule has 0 spiro atoms. The molecular weight excluding hydrogens is 312 g/mol. The molecule has 0 radical (unpaired) electrons. The van der Waals surface area contributed by atoms with E-state index in [1.165, 1.54) is 60.1 Å². The molecule has 0 fully saturated rings. The minimum absolute atomic E-state index is 1.05. The fourth-order valence-corrected chi connectivity index (χ4v) is 4.86. The van der Waals surface area contributed by atoms with Gasteiger partial charge in [-0.05, 0) is 73.5 Å². The van der Waals surface area contributed by atoms with Crippen molar-refractivity contribution >= 4 is 32.3 Å². The molecule has 0 saturated heterocycles. The minimum atomic E-state index is 1.05. The Bertz CT molecular complexity index is 1320. The first-order valence-electron chi connectivity index (χ1n) is 9.27. The van der Waals surface area contributed by atoms with Crippen LogP contribution in [0.15, 0.2) is 78.9 Å². The number of fused-ring (bicyclic) bond motifs is 10. The summed E-state index contributed by atoms with van der Waals surface area (Å²) in [4.78, 5) is 0. The lowest BCUT2D eigenvalue weighted by molar-refractivity contribution is 1.22. The molecule has 5 aromatic carbocycles. The fourth-order valence-electron chi connectivity index (χ4n) is 4.86. The quantitative estimate of drug-likeness (QED) is 0.262. The number of aryl methyl sites for hydroxylation is 1. The highest BCUT2D eigenvalue weighted by atomic mass is 14.3. The smallest absolute Gasteiger partial charge is 0.00106 e. The van der Waals surface area contributed by atoms with Crippen LogP contribution in [0.5, 0.6) is 0 Å². The van der Waals surface area contributed by atoms with E-state index in [1.54, 1.807) is 0 Å². The van der Waals surface area contributed by atoms with Crippen LogP contribution in [0.1, 0.15) is 16.7 Å². The second-order valence-corrected chi connectivity index (χ2v) is 7.39. The Morgan fingerprint density at radius 1 is 0.577 bits per heavy atom. The van der Waals surface area contributed by atoms with Gasteiger partial charge in [-0.25, -0.2) is 0 Å². The van der Waals surface area contributed by atoms with Crippen molar-refractivity contribution in [1.82, 2.24) is 0 Å². The third-order valence-electron chi connectivity index (χ3n) is 6.04. The SMILES string of the molecule is Cc1cccc2c1Cc1ccc3c4ccccc4c4ccccc4c3c1-2. The van der Waals surface area contributed by atoms with Gasteiger partial charge in [0.25, 0.3) is 0 Å². The Hall–Kier alpha value is -3.12. The van der Waals surface area contributed by atoms with Crippen LogP contribution < -0.4 is 0 Å². The molecule has 0 unspecified atom stereocenters. The van der Waals surface area contributed by atoms with Gasteiger partial charge >= 0.3 is 0 Å². The number of benzene rings is 5. The van der Waals surface area contributed by atoms with Gasteiger partial charge < -0.3 is 0 Å². The average Bonchev–Trinajstić information content (AvgIpc) is 3.08. The molecule has 5 aromatic rings. The van der Waals surface area contributed by atoms with Crippen molar-refractivity contribution in [3.8, 4) is 11.1 Å². The highest BCUT2D eigenvalue weighted by molar-refractivity contribution is 6.29. The van der Waals surface area contributed by atoms with Crippen molar-refractivity contribution in [3.63, 3.8) is 0 Å². The first kappa shape index (κ1) is 14.1. The van der Waals surface area contributed by atoms with Crippen LogP contribution >= 0.6 is 0 Å². The molecule has 0 N–H and O–H groups in total. The second-order valence-electron chi connectivity index (χ2n) is 7.39. The summed E-state index contributed by atoms with van der Waals surface area (Å²) in [5.41, 5.74) is 7.22. The third kappa shape index (κ3) is 1.69. The fraction of sp³-hybridized carbons (Fsp3) is 0.0769. The van der Waals surface area contributed by atoms with E-state index in [1.807, 2.05) is 0 Å². The Morgan fingerprint density at radius 2 is 1.19 bits per heavy atom. The standard InChI is InChI=1S/C26H18/c1-16-7-6-12-22-24(16)15-17-13-14-23-20-10-3-2-8-18(20)19-9-4-5-11-21(19)26(23)25(17)22/h2-14H,15H2,1H3. The van der Waals surface area contributed by atoms with E-state index in [-0.39, 0.29) is 0 Å². The van der Waals surface area contributed by atoms with Crippen LogP contribution in [0.25, 0.3) is 43.4 Å². The highest BCUT2D eigenvalue weighted by Crippen LogP contribution is 2.46. The molecule has 0 nitrogen and oxygen atoms in total. The molecule has 0 amide bonds. The zero-order valence-electron chi connectivity index (χ0n) is 14.7. The molecule has 0 heteroatoms. The van der Waals surface area contributed by atoms with Crippen molar-refractivity contribution in [2.75, 3.05) is 0 Å².